The van der Waals surface area contributed by atoms with Crippen LogP contribution in [0.1, 0.15) is 11.1 Å². The van der Waals surface area contributed by atoms with Crippen molar-refractivity contribution in [3.8, 4) is 5.69 Å². The summed E-state index contributed by atoms with van der Waals surface area (Å²) in [6.45, 7) is 2.03. The summed E-state index contributed by atoms with van der Waals surface area (Å²) in [6.07, 6.45) is 0. The third-order valence-corrected chi connectivity index (χ3v) is 5.95. The molecule has 3 nitrogen and oxygen atoms in total. The van der Waals surface area contributed by atoms with Gasteiger partial charge < -0.3 is 0 Å². The molecule has 1 aromatic heterocycles. The molecule has 0 radical (unpaired) electrons. The van der Waals surface area contributed by atoms with Gasteiger partial charge in [-0.1, -0.05) is 54.2 Å². The zero-order valence-corrected chi connectivity index (χ0v) is 17.7. The summed E-state index contributed by atoms with van der Waals surface area (Å²) in [4.78, 5) is 18.2. The molecule has 5 heteroatoms. The highest BCUT2D eigenvalue weighted by molar-refractivity contribution is 14.1. The molecule has 1 heterocycles. The molecule has 0 saturated heterocycles. The molecule has 0 spiro atoms. The molecule has 0 aliphatic heterocycles. The highest BCUT2D eigenvalue weighted by atomic mass is 127. The molecule has 0 fully saturated rings. The fraction of sp³-hybridized carbons (Fsp3) is 0.0909. The first-order valence-corrected chi connectivity index (χ1v) is 10.6. The van der Waals surface area contributed by atoms with Crippen molar-refractivity contribution in [3.63, 3.8) is 0 Å². The number of nitrogens with zero attached hydrogens (tertiary/aromatic N) is 2. The smallest absolute Gasteiger partial charge is 0.266 e. The van der Waals surface area contributed by atoms with E-state index in [1.165, 1.54) is 5.56 Å². The summed E-state index contributed by atoms with van der Waals surface area (Å²) in [6, 6.07) is 24.0. The minimum atomic E-state index is -0.0281. The van der Waals surface area contributed by atoms with Crippen molar-refractivity contribution in [2.45, 2.75) is 17.8 Å². The quantitative estimate of drug-likeness (QED) is 0.215. The first-order chi connectivity index (χ1) is 13.1. The molecule has 0 saturated carbocycles. The number of thioether (sulfide) groups is 1. The lowest BCUT2D eigenvalue weighted by molar-refractivity contribution is 0.818. The molecular weight excluding hydrogens is 467 g/mol. The second-order valence-corrected chi connectivity index (χ2v) is 8.50. The van der Waals surface area contributed by atoms with Crippen molar-refractivity contribution in [2.75, 3.05) is 0 Å². The van der Waals surface area contributed by atoms with Crippen molar-refractivity contribution in [1.82, 2.24) is 9.55 Å². The lowest BCUT2D eigenvalue weighted by Gasteiger charge is -2.14. The van der Waals surface area contributed by atoms with E-state index in [4.69, 9.17) is 4.98 Å². The molecule has 0 unspecified atom stereocenters. The minimum Gasteiger partial charge on any atom is -0.268 e. The van der Waals surface area contributed by atoms with E-state index in [0.717, 1.165) is 26.1 Å². The van der Waals surface area contributed by atoms with Crippen LogP contribution in [0.25, 0.3) is 16.6 Å². The van der Waals surface area contributed by atoms with E-state index in [1.54, 1.807) is 16.3 Å². The SMILES string of the molecule is Cc1cccc(-n2c(SCc3ccccc3)nc3ccc(I)cc3c2=O)c1. The standard InChI is InChI=1S/C22H17IN2OS/c1-15-6-5-9-18(12-15)25-21(26)19-13-17(23)10-11-20(19)24-22(25)27-14-16-7-3-2-4-8-16/h2-13H,14H2,1H3. The van der Waals surface area contributed by atoms with Crippen LogP contribution < -0.4 is 5.56 Å². The summed E-state index contributed by atoms with van der Waals surface area (Å²) >= 11 is 3.81. The zero-order valence-electron chi connectivity index (χ0n) is 14.7. The monoisotopic (exact) mass is 484 g/mol. The fourth-order valence-corrected chi connectivity index (χ4v) is 4.41. The van der Waals surface area contributed by atoms with Gasteiger partial charge in [0, 0.05) is 9.32 Å². The zero-order chi connectivity index (χ0) is 18.8. The van der Waals surface area contributed by atoms with Gasteiger partial charge in [-0.2, -0.15) is 0 Å². The first kappa shape index (κ1) is 18.3. The summed E-state index contributed by atoms with van der Waals surface area (Å²) < 4.78 is 2.76. The molecular formula is C22H17IN2OS. The van der Waals surface area contributed by atoms with E-state index in [9.17, 15) is 4.79 Å². The van der Waals surface area contributed by atoms with Crippen molar-refractivity contribution < 1.29 is 0 Å². The fourth-order valence-electron chi connectivity index (χ4n) is 2.95. The minimum absolute atomic E-state index is 0.0281. The van der Waals surface area contributed by atoms with Crippen LogP contribution in [-0.4, -0.2) is 9.55 Å². The summed E-state index contributed by atoms with van der Waals surface area (Å²) in [7, 11) is 0. The molecule has 3 aromatic carbocycles. The number of halogens is 1. The van der Waals surface area contributed by atoms with Gasteiger partial charge in [-0.05, 0) is 71.0 Å². The maximum atomic E-state index is 13.3. The number of benzene rings is 3. The van der Waals surface area contributed by atoms with Gasteiger partial charge in [-0.25, -0.2) is 4.98 Å². The van der Waals surface area contributed by atoms with E-state index in [2.05, 4.69) is 34.7 Å². The Morgan fingerprint density at radius 1 is 1.00 bits per heavy atom. The number of hydrogen-bond donors (Lipinski definition) is 0. The summed E-state index contributed by atoms with van der Waals surface area (Å²) in [5.74, 6) is 0.759. The van der Waals surface area contributed by atoms with Gasteiger partial charge in [0.15, 0.2) is 5.16 Å². The highest BCUT2D eigenvalue weighted by Gasteiger charge is 2.14. The van der Waals surface area contributed by atoms with Crippen LogP contribution in [0.4, 0.5) is 0 Å². The molecule has 0 amide bonds. The summed E-state index contributed by atoms with van der Waals surface area (Å²) in [5.41, 5.74) is 3.87. The lowest BCUT2D eigenvalue weighted by atomic mass is 10.2. The normalized spacial score (nSPS) is 11.0. The average molecular weight is 484 g/mol. The third kappa shape index (κ3) is 3.94. The predicted molar refractivity (Wildman–Crippen MR) is 121 cm³/mol. The predicted octanol–water partition coefficient (Wildman–Crippen LogP) is 5.59. The van der Waals surface area contributed by atoms with Gasteiger partial charge in [0.25, 0.3) is 5.56 Å². The van der Waals surface area contributed by atoms with E-state index in [0.29, 0.717) is 10.5 Å². The molecule has 0 aliphatic carbocycles. The highest BCUT2D eigenvalue weighted by Crippen LogP contribution is 2.25. The van der Waals surface area contributed by atoms with Crippen LogP contribution in [-0.2, 0) is 5.75 Å². The van der Waals surface area contributed by atoms with E-state index in [1.807, 2.05) is 67.6 Å². The van der Waals surface area contributed by atoms with Crippen molar-refractivity contribution in [1.29, 1.82) is 0 Å². The van der Waals surface area contributed by atoms with E-state index < -0.39 is 0 Å². The van der Waals surface area contributed by atoms with E-state index in [-0.39, 0.29) is 5.56 Å². The molecule has 0 aliphatic rings. The van der Waals surface area contributed by atoms with Crippen molar-refractivity contribution in [2.24, 2.45) is 0 Å². The molecule has 0 bridgehead atoms. The second kappa shape index (κ2) is 7.86. The Bertz CT molecular complexity index is 1170. The van der Waals surface area contributed by atoms with Crippen molar-refractivity contribution in [3.05, 3.63) is 97.8 Å². The number of aromatic nitrogens is 2. The molecule has 4 rings (SSSR count). The largest absolute Gasteiger partial charge is 0.268 e. The first-order valence-electron chi connectivity index (χ1n) is 8.58. The van der Waals surface area contributed by atoms with Crippen LogP contribution in [0, 0.1) is 10.5 Å². The molecule has 0 N–H and O–H groups in total. The summed E-state index contributed by atoms with van der Waals surface area (Å²) in [5, 5.41) is 1.36. The Kier molecular flexibility index (Phi) is 5.31. The Morgan fingerprint density at radius 3 is 2.59 bits per heavy atom. The topological polar surface area (TPSA) is 34.9 Å². The second-order valence-electron chi connectivity index (χ2n) is 6.31. The average Bonchev–Trinajstić information content (AvgIpc) is 2.68. The van der Waals surface area contributed by atoms with Crippen molar-refractivity contribution >= 4 is 45.3 Å². The van der Waals surface area contributed by atoms with Gasteiger partial charge in [0.1, 0.15) is 0 Å². The Labute approximate surface area is 175 Å². The molecule has 134 valence electrons. The van der Waals surface area contributed by atoms with Gasteiger partial charge in [-0.15, -0.1) is 0 Å². The van der Waals surface area contributed by atoms with Gasteiger partial charge >= 0.3 is 0 Å². The van der Waals surface area contributed by atoms with Gasteiger partial charge in [-0.3, -0.25) is 9.36 Å². The molecule has 0 atom stereocenters. The van der Waals surface area contributed by atoms with Crippen LogP contribution in [0.2, 0.25) is 0 Å². The Morgan fingerprint density at radius 2 is 1.81 bits per heavy atom. The van der Waals surface area contributed by atoms with Crippen LogP contribution >= 0.6 is 34.4 Å². The van der Waals surface area contributed by atoms with Gasteiger partial charge in [0.05, 0.1) is 16.6 Å². The van der Waals surface area contributed by atoms with E-state index >= 15 is 0 Å². The third-order valence-electron chi connectivity index (χ3n) is 4.27. The molecule has 4 aromatic rings. The number of rotatable bonds is 4. The lowest BCUT2D eigenvalue weighted by Crippen LogP contribution is -2.22. The van der Waals surface area contributed by atoms with Crippen LogP contribution in [0.5, 0.6) is 0 Å². The Balaban J connectivity index is 1.88. The van der Waals surface area contributed by atoms with Gasteiger partial charge in [0.2, 0.25) is 0 Å². The Hall–Kier alpha value is -2.12. The number of hydrogen-bond acceptors (Lipinski definition) is 3. The maximum Gasteiger partial charge on any atom is 0.266 e. The van der Waals surface area contributed by atoms with Crippen LogP contribution in [0.15, 0.2) is 82.7 Å². The maximum absolute atomic E-state index is 13.3. The molecule has 27 heavy (non-hydrogen) atoms. The number of fused-ring (bicyclic) bond motifs is 1. The number of aryl methyl sites for hydroxylation is 1. The van der Waals surface area contributed by atoms with Crippen LogP contribution in [0.3, 0.4) is 0 Å².